The third kappa shape index (κ3) is 4.64. The summed E-state index contributed by atoms with van der Waals surface area (Å²) in [6.07, 6.45) is 12.0. The first-order chi connectivity index (χ1) is 16.5. The summed E-state index contributed by atoms with van der Waals surface area (Å²) in [7, 11) is 1.61. The van der Waals surface area contributed by atoms with Crippen molar-refractivity contribution in [2.45, 2.75) is 57.3 Å². The van der Waals surface area contributed by atoms with Gasteiger partial charge in [0.15, 0.2) is 0 Å². The summed E-state index contributed by atoms with van der Waals surface area (Å²) in [6.45, 7) is 1.74. The molecule has 1 unspecified atom stereocenters. The van der Waals surface area contributed by atoms with E-state index in [2.05, 4.69) is 24.3 Å². The number of carbonyl (C=O) groups is 1. The van der Waals surface area contributed by atoms with E-state index in [1.54, 1.807) is 19.2 Å². The van der Waals surface area contributed by atoms with Crippen molar-refractivity contribution in [2.75, 3.05) is 13.7 Å². The molecule has 0 heterocycles. The van der Waals surface area contributed by atoms with E-state index in [4.69, 9.17) is 19.3 Å². The number of ether oxygens (including phenoxy) is 3. The second-order valence-corrected chi connectivity index (χ2v) is 10.3. The Bertz CT molecular complexity index is 1020. The van der Waals surface area contributed by atoms with Gasteiger partial charge in [-0.3, -0.25) is 0 Å². The molecular weight excluding hydrogens is 428 g/mol. The Hall–Kier alpha value is -2.63. The molecule has 0 spiro atoms. The maximum Gasteiger partial charge on any atom is 0.335 e. The molecule has 180 valence electrons. The van der Waals surface area contributed by atoms with Crippen LogP contribution in [0.3, 0.4) is 0 Å². The van der Waals surface area contributed by atoms with Crippen molar-refractivity contribution in [2.24, 2.45) is 17.8 Å². The van der Waals surface area contributed by atoms with Crippen LogP contribution in [0, 0.1) is 17.8 Å². The van der Waals surface area contributed by atoms with Crippen molar-refractivity contribution in [3.05, 3.63) is 64.7 Å². The van der Waals surface area contributed by atoms with Crippen LogP contribution in [-0.4, -0.2) is 31.3 Å². The van der Waals surface area contributed by atoms with Gasteiger partial charge >= 0.3 is 12.4 Å². The smallest absolute Gasteiger partial charge is 0.335 e. The van der Waals surface area contributed by atoms with Crippen molar-refractivity contribution in [1.29, 1.82) is 0 Å². The summed E-state index contributed by atoms with van der Waals surface area (Å²) >= 11 is 0. The molecule has 1 N–H and O–H groups in total. The lowest BCUT2D eigenvalue weighted by Crippen LogP contribution is -2.48. The largest absolute Gasteiger partial charge is 0.478 e. The molecule has 2 aromatic rings. The minimum atomic E-state index is -0.909. The summed E-state index contributed by atoms with van der Waals surface area (Å²) in [5, 5.41) is 9.12. The Morgan fingerprint density at radius 2 is 1.59 bits per heavy atom. The summed E-state index contributed by atoms with van der Waals surface area (Å²) in [4.78, 5) is 11.1. The van der Waals surface area contributed by atoms with Crippen LogP contribution in [0.1, 0.15) is 72.5 Å². The highest BCUT2D eigenvalue weighted by Gasteiger charge is 2.52. The van der Waals surface area contributed by atoms with Crippen molar-refractivity contribution >= 4 is 18.1 Å². The number of hydrogen-bond acceptors (Lipinski definition) is 4. The van der Waals surface area contributed by atoms with Gasteiger partial charge in [0.05, 0.1) is 12.2 Å². The van der Waals surface area contributed by atoms with Crippen LogP contribution < -0.4 is 4.74 Å². The van der Waals surface area contributed by atoms with Crippen LogP contribution in [0.4, 0.5) is 0 Å². The lowest BCUT2D eigenvalue weighted by Gasteiger charge is -2.57. The van der Waals surface area contributed by atoms with Crippen molar-refractivity contribution in [1.82, 2.24) is 0 Å². The first-order valence-corrected chi connectivity index (χ1v) is 12.4. The molecule has 4 aliphatic rings. The van der Waals surface area contributed by atoms with Gasteiger partial charge in [-0.25, -0.2) is 4.79 Å². The molecule has 2 aromatic carbocycles. The minimum Gasteiger partial charge on any atom is -0.478 e. The number of aromatic carboxylic acids is 1. The lowest BCUT2D eigenvalue weighted by molar-refractivity contribution is -0.231. The molecule has 1 atom stereocenters. The fourth-order valence-electron chi connectivity index (χ4n) is 6.93. The van der Waals surface area contributed by atoms with Crippen molar-refractivity contribution in [3.8, 4) is 5.75 Å². The SMILES string of the molecule is CCOC(OC)Oc1ccc(C=Cc2ccc(C(=O)O)cc2)cc1C12CC3CC(CC(C3)C1)C2. The Morgan fingerprint density at radius 1 is 1.00 bits per heavy atom. The number of carboxylic acids is 1. The van der Waals surface area contributed by atoms with E-state index in [0.717, 1.165) is 34.6 Å². The van der Waals surface area contributed by atoms with E-state index in [1.165, 1.54) is 44.1 Å². The molecule has 4 bridgehead atoms. The standard InChI is InChI=1S/C29H34O5/c1-3-33-28(32-2)34-26-11-8-20(5-4-19-6-9-24(10-7-19)27(30)31)15-25(26)29-16-21-12-22(17-29)14-23(13-21)18-29/h4-11,15,21-23,28H,3,12-14,16-18H2,1-2H3,(H,30,31). The number of hydrogen-bond donors (Lipinski definition) is 1. The quantitative estimate of drug-likeness (QED) is 0.347. The third-order valence-corrected chi connectivity index (χ3v) is 7.96. The highest BCUT2D eigenvalue weighted by atomic mass is 16.8. The van der Waals surface area contributed by atoms with Gasteiger partial charge in [-0.2, -0.15) is 0 Å². The summed E-state index contributed by atoms with van der Waals surface area (Å²) in [6, 6.07) is 13.4. The molecular formula is C29H34O5. The van der Waals surface area contributed by atoms with Crippen LogP contribution in [-0.2, 0) is 14.9 Å². The van der Waals surface area contributed by atoms with Crippen molar-refractivity contribution < 1.29 is 24.1 Å². The van der Waals surface area contributed by atoms with E-state index in [1.807, 2.05) is 25.1 Å². The predicted molar refractivity (Wildman–Crippen MR) is 132 cm³/mol. The van der Waals surface area contributed by atoms with Crippen LogP contribution in [0.2, 0.25) is 0 Å². The average Bonchev–Trinajstić information content (AvgIpc) is 2.82. The van der Waals surface area contributed by atoms with Crippen molar-refractivity contribution in [3.63, 3.8) is 0 Å². The number of carboxylic acid groups (broad SMARTS) is 1. The molecule has 5 heteroatoms. The first kappa shape index (κ1) is 23.1. The van der Waals surface area contributed by atoms with E-state index < -0.39 is 12.4 Å². The zero-order chi connectivity index (χ0) is 23.7. The van der Waals surface area contributed by atoms with E-state index in [9.17, 15) is 4.79 Å². The molecule has 0 saturated heterocycles. The van der Waals surface area contributed by atoms with Gasteiger partial charge in [-0.1, -0.05) is 30.4 Å². The fraction of sp³-hybridized carbons (Fsp3) is 0.483. The lowest BCUT2D eigenvalue weighted by atomic mass is 9.48. The summed E-state index contributed by atoms with van der Waals surface area (Å²) < 4.78 is 17.3. The molecule has 0 radical (unpaired) electrons. The Balaban J connectivity index is 1.47. The highest BCUT2D eigenvalue weighted by molar-refractivity contribution is 5.88. The second-order valence-electron chi connectivity index (χ2n) is 10.3. The molecule has 0 aliphatic heterocycles. The van der Waals surface area contributed by atoms with Crippen LogP contribution in [0.25, 0.3) is 12.2 Å². The molecule has 4 saturated carbocycles. The first-order valence-electron chi connectivity index (χ1n) is 12.4. The summed E-state index contributed by atoms with van der Waals surface area (Å²) in [5.41, 5.74) is 3.84. The van der Waals surface area contributed by atoms with E-state index >= 15 is 0 Å². The molecule has 0 aromatic heterocycles. The zero-order valence-electron chi connectivity index (χ0n) is 20.0. The predicted octanol–water partition coefficient (Wildman–Crippen LogP) is 6.37. The normalized spacial score (nSPS) is 28.4. The van der Waals surface area contributed by atoms with Crippen LogP contribution >= 0.6 is 0 Å². The second kappa shape index (κ2) is 9.55. The Morgan fingerprint density at radius 3 is 2.15 bits per heavy atom. The van der Waals surface area contributed by atoms with E-state index in [-0.39, 0.29) is 5.41 Å². The van der Waals surface area contributed by atoms with Gasteiger partial charge < -0.3 is 19.3 Å². The van der Waals surface area contributed by atoms with Gasteiger partial charge in [-0.15, -0.1) is 0 Å². The Kier molecular flexibility index (Phi) is 6.50. The van der Waals surface area contributed by atoms with Crippen LogP contribution in [0.15, 0.2) is 42.5 Å². The molecule has 4 aliphatic carbocycles. The molecule has 4 fully saturated rings. The average molecular weight is 463 g/mol. The number of rotatable bonds is 9. The highest BCUT2D eigenvalue weighted by Crippen LogP contribution is 2.62. The van der Waals surface area contributed by atoms with Gasteiger partial charge in [0.1, 0.15) is 5.75 Å². The number of benzene rings is 2. The maximum atomic E-state index is 11.1. The van der Waals surface area contributed by atoms with Gasteiger partial charge in [0, 0.05) is 12.7 Å². The molecule has 0 amide bonds. The topological polar surface area (TPSA) is 65.0 Å². The van der Waals surface area contributed by atoms with Gasteiger partial charge in [-0.05, 0) is 104 Å². The summed E-state index contributed by atoms with van der Waals surface area (Å²) in [5.74, 6) is 2.45. The van der Waals surface area contributed by atoms with E-state index in [0.29, 0.717) is 12.2 Å². The third-order valence-electron chi connectivity index (χ3n) is 7.96. The van der Waals surface area contributed by atoms with Crippen LogP contribution in [0.5, 0.6) is 5.75 Å². The number of methoxy groups -OCH3 is 1. The minimum absolute atomic E-state index is 0.168. The molecule has 5 nitrogen and oxygen atoms in total. The van der Waals surface area contributed by atoms with Gasteiger partial charge in [0.2, 0.25) is 0 Å². The van der Waals surface area contributed by atoms with Gasteiger partial charge in [0.25, 0.3) is 0 Å². The maximum absolute atomic E-state index is 11.1. The fourth-order valence-corrected chi connectivity index (χ4v) is 6.93. The monoisotopic (exact) mass is 462 g/mol. The molecule has 6 rings (SSSR count). The molecule has 34 heavy (non-hydrogen) atoms. The zero-order valence-corrected chi connectivity index (χ0v) is 20.0. The Labute approximate surface area is 201 Å².